The molecular formula is C25H21NO4S. The molecule has 31 heavy (non-hydrogen) atoms. The molecule has 1 aromatic heterocycles. The van der Waals surface area contributed by atoms with Crippen LogP contribution in [0.25, 0.3) is 10.9 Å². The summed E-state index contributed by atoms with van der Waals surface area (Å²) in [6.45, 7) is 2.05. The Morgan fingerprint density at radius 1 is 0.935 bits per heavy atom. The Balaban J connectivity index is 1.38. The lowest BCUT2D eigenvalue weighted by molar-refractivity contribution is -0.139. The van der Waals surface area contributed by atoms with Crippen LogP contribution in [0.1, 0.15) is 11.1 Å². The van der Waals surface area contributed by atoms with E-state index >= 15 is 0 Å². The van der Waals surface area contributed by atoms with E-state index in [9.17, 15) is 4.79 Å². The monoisotopic (exact) mass is 431 g/mol. The standard InChI is InChI=1S/C25H21NO4S/c1-17-14-20(11-12-23(17)30-16-25(27)28)31-19-9-7-18(8-10-19)15-29-24-6-2-5-22-21(24)4-3-13-26-22/h2-14H,15-16H2,1H3,(H,27,28). The number of benzene rings is 3. The third-order valence-electron chi connectivity index (χ3n) is 4.66. The fourth-order valence-corrected chi connectivity index (χ4v) is 4.05. The molecule has 0 saturated carbocycles. The minimum atomic E-state index is -0.987. The van der Waals surface area contributed by atoms with Crippen LogP contribution in [0.15, 0.2) is 88.8 Å². The molecule has 0 saturated heterocycles. The molecular weight excluding hydrogens is 410 g/mol. The molecule has 0 aliphatic rings. The molecule has 1 N–H and O–H groups in total. The largest absolute Gasteiger partial charge is 0.488 e. The molecule has 156 valence electrons. The number of hydrogen-bond acceptors (Lipinski definition) is 5. The molecule has 0 fully saturated rings. The highest BCUT2D eigenvalue weighted by atomic mass is 32.2. The molecule has 0 unspecified atom stereocenters. The Hall–Kier alpha value is -3.51. The molecule has 4 aromatic rings. The van der Waals surface area contributed by atoms with Crippen LogP contribution >= 0.6 is 11.8 Å². The first-order valence-electron chi connectivity index (χ1n) is 9.77. The molecule has 4 rings (SSSR count). The molecule has 0 amide bonds. The van der Waals surface area contributed by atoms with Crippen molar-refractivity contribution in [1.82, 2.24) is 4.98 Å². The predicted molar refractivity (Wildman–Crippen MR) is 121 cm³/mol. The molecule has 0 spiro atoms. The number of hydrogen-bond donors (Lipinski definition) is 1. The normalized spacial score (nSPS) is 10.7. The van der Waals surface area contributed by atoms with E-state index in [4.69, 9.17) is 14.6 Å². The van der Waals surface area contributed by atoms with E-state index in [2.05, 4.69) is 29.2 Å². The second-order valence-corrected chi connectivity index (χ2v) is 8.12. The number of carbonyl (C=O) groups is 1. The van der Waals surface area contributed by atoms with Crippen molar-refractivity contribution in [3.63, 3.8) is 0 Å². The zero-order valence-electron chi connectivity index (χ0n) is 16.9. The van der Waals surface area contributed by atoms with Gasteiger partial charge in [0.05, 0.1) is 5.52 Å². The van der Waals surface area contributed by atoms with Crippen LogP contribution in [0, 0.1) is 6.92 Å². The second kappa shape index (κ2) is 9.53. The lowest BCUT2D eigenvalue weighted by Gasteiger charge is -2.10. The zero-order valence-corrected chi connectivity index (χ0v) is 17.8. The van der Waals surface area contributed by atoms with Crippen molar-refractivity contribution in [3.05, 3.63) is 90.1 Å². The molecule has 0 bridgehead atoms. The van der Waals surface area contributed by atoms with Gasteiger partial charge in [0.15, 0.2) is 6.61 Å². The van der Waals surface area contributed by atoms with E-state index in [0.717, 1.165) is 37.6 Å². The third kappa shape index (κ3) is 5.35. The summed E-state index contributed by atoms with van der Waals surface area (Å²) >= 11 is 1.64. The van der Waals surface area contributed by atoms with Gasteiger partial charge in [0, 0.05) is 21.4 Å². The Labute approximate surface area is 184 Å². The quantitative estimate of drug-likeness (QED) is 0.384. The number of pyridine rings is 1. The third-order valence-corrected chi connectivity index (χ3v) is 5.65. The molecule has 0 aliphatic heterocycles. The SMILES string of the molecule is Cc1cc(Sc2ccc(COc3cccc4ncccc34)cc2)ccc1OCC(=O)O. The average Bonchev–Trinajstić information content (AvgIpc) is 2.78. The number of aryl methyl sites for hydroxylation is 1. The van der Waals surface area contributed by atoms with Gasteiger partial charge in [-0.15, -0.1) is 0 Å². The highest BCUT2D eigenvalue weighted by Crippen LogP contribution is 2.31. The smallest absolute Gasteiger partial charge is 0.341 e. The molecule has 0 aliphatic carbocycles. The lowest BCUT2D eigenvalue weighted by Crippen LogP contribution is -2.09. The van der Waals surface area contributed by atoms with Crippen molar-refractivity contribution >= 4 is 28.6 Å². The van der Waals surface area contributed by atoms with Gasteiger partial charge in [-0.25, -0.2) is 4.79 Å². The predicted octanol–water partition coefficient (Wildman–Crippen LogP) is 5.74. The van der Waals surface area contributed by atoms with Crippen LogP contribution in [-0.2, 0) is 11.4 Å². The van der Waals surface area contributed by atoms with Crippen LogP contribution in [-0.4, -0.2) is 22.7 Å². The Morgan fingerprint density at radius 3 is 2.52 bits per heavy atom. The van der Waals surface area contributed by atoms with E-state index in [1.54, 1.807) is 18.0 Å². The van der Waals surface area contributed by atoms with Gasteiger partial charge in [-0.1, -0.05) is 30.0 Å². The number of ether oxygens (including phenoxy) is 2. The number of fused-ring (bicyclic) bond motifs is 1. The molecule has 1 heterocycles. The van der Waals surface area contributed by atoms with E-state index in [1.807, 2.05) is 55.5 Å². The van der Waals surface area contributed by atoms with E-state index in [1.165, 1.54) is 0 Å². The zero-order chi connectivity index (χ0) is 21.6. The van der Waals surface area contributed by atoms with Crippen molar-refractivity contribution in [1.29, 1.82) is 0 Å². The Bertz CT molecular complexity index is 1200. The summed E-state index contributed by atoms with van der Waals surface area (Å²) in [4.78, 5) is 17.2. The summed E-state index contributed by atoms with van der Waals surface area (Å²) in [7, 11) is 0. The van der Waals surface area contributed by atoms with Gasteiger partial charge < -0.3 is 14.6 Å². The molecule has 3 aromatic carbocycles. The van der Waals surface area contributed by atoms with Crippen molar-refractivity contribution in [2.75, 3.05) is 6.61 Å². The Kier molecular flexibility index (Phi) is 6.38. The van der Waals surface area contributed by atoms with Crippen molar-refractivity contribution in [2.45, 2.75) is 23.3 Å². The summed E-state index contributed by atoms with van der Waals surface area (Å²) in [5.74, 6) is 0.423. The van der Waals surface area contributed by atoms with Crippen LogP contribution in [0.5, 0.6) is 11.5 Å². The number of carboxylic acid groups (broad SMARTS) is 1. The summed E-state index contributed by atoms with van der Waals surface area (Å²) in [6.07, 6.45) is 1.78. The number of nitrogens with zero attached hydrogens (tertiary/aromatic N) is 1. The van der Waals surface area contributed by atoms with Crippen LogP contribution < -0.4 is 9.47 Å². The molecule has 0 atom stereocenters. The summed E-state index contributed by atoms with van der Waals surface area (Å²) in [5, 5.41) is 9.75. The topological polar surface area (TPSA) is 68.7 Å². The summed E-state index contributed by atoms with van der Waals surface area (Å²) in [5.41, 5.74) is 2.90. The first-order chi connectivity index (χ1) is 15.1. The maximum atomic E-state index is 10.7. The first-order valence-corrected chi connectivity index (χ1v) is 10.6. The van der Waals surface area contributed by atoms with Gasteiger partial charge >= 0.3 is 5.97 Å². The summed E-state index contributed by atoms with van der Waals surface area (Å²) in [6, 6.07) is 23.8. The molecule has 0 radical (unpaired) electrons. The highest BCUT2D eigenvalue weighted by molar-refractivity contribution is 7.99. The van der Waals surface area contributed by atoms with Gasteiger partial charge in [0.25, 0.3) is 0 Å². The second-order valence-electron chi connectivity index (χ2n) is 6.97. The Morgan fingerprint density at radius 2 is 1.74 bits per heavy atom. The van der Waals surface area contributed by atoms with Gasteiger partial charge in [0.2, 0.25) is 0 Å². The van der Waals surface area contributed by atoms with E-state index < -0.39 is 5.97 Å². The van der Waals surface area contributed by atoms with E-state index in [-0.39, 0.29) is 6.61 Å². The summed E-state index contributed by atoms with van der Waals surface area (Å²) < 4.78 is 11.3. The number of rotatable bonds is 8. The van der Waals surface area contributed by atoms with Crippen LogP contribution in [0.2, 0.25) is 0 Å². The maximum absolute atomic E-state index is 10.7. The first kappa shape index (κ1) is 20.8. The van der Waals surface area contributed by atoms with Crippen molar-refractivity contribution < 1.29 is 19.4 Å². The van der Waals surface area contributed by atoms with Gasteiger partial charge in [-0.3, -0.25) is 4.98 Å². The molecule has 5 nitrogen and oxygen atoms in total. The fourth-order valence-electron chi connectivity index (χ4n) is 3.14. The van der Waals surface area contributed by atoms with E-state index in [0.29, 0.717) is 12.4 Å². The minimum Gasteiger partial charge on any atom is -0.488 e. The van der Waals surface area contributed by atoms with Crippen LogP contribution in [0.4, 0.5) is 0 Å². The number of carboxylic acids is 1. The van der Waals surface area contributed by atoms with Gasteiger partial charge in [-0.05, 0) is 72.6 Å². The van der Waals surface area contributed by atoms with Crippen molar-refractivity contribution in [3.8, 4) is 11.5 Å². The lowest BCUT2D eigenvalue weighted by atomic mass is 10.2. The molecule has 6 heteroatoms. The fraction of sp³-hybridized carbons (Fsp3) is 0.120. The number of aromatic nitrogens is 1. The minimum absolute atomic E-state index is 0.341. The highest BCUT2D eigenvalue weighted by Gasteiger charge is 2.06. The van der Waals surface area contributed by atoms with Gasteiger partial charge in [0.1, 0.15) is 18.1 Å². The van der Waals surface area contributed by atoms with Gasteiger partial charge in [-0.2, -0.15) is 0 Å². The number of aliphatic carboxylic acids is 1. The maximum Gasteiger partial charge on any atom is 0.341 e. The van der Waals surface area contributed by atoms with Crippen LogP contribution in [0.3, 0.4) is 0 Å². The average molecular weight is 432 g/mol. The van der Waals surface area contributed by atoms with Crippen molar-refractivity contribution in [2.24, 2.45) is 0 Å².